The highest BCUT2D eigenvalue weighted by atomic mass is 32.2. The molecule has 0 fully saturated rings. The number of carboxylic acids is 1. The minimum Gasteiger partial charge on any atom is -0.478 e. The molecule has 0 atom stereocenters. The molecule has 1 rings (SSSR count). The Kier molecular flexibility index (Phi) is 6.66. The molecule has 0 saturated heterocycles. The van der Waals surface area contributed by atoms with Crippen LogP contribution in [0.15, 0.2) is 12.1 Å². The molecule has 0 unspecified atom stereocenters. The Labute approximate surface area is 120 Å². The van der Waals surface area contributed by atoms with Gasteiger partial charge in [-0.2, -0.15) is 11.8 Å². The number of carboxylic acid groups (broad SMARTS) is 1. The van der Waals surface area contributed by atoms with E-state index in [-0.39, 0.29) is 5.91 Å². The number of carbonyl (C=O) groups excluding carboxylic acids is 1. The summed E-state index contributed by atoms with van der Waals surface area (Å²) in [5, 5.41) is 11.4. The topological polar surface area (TPSA) is 66.4 Å². The highest BCUT2D eigenvalue weighted by molar-refractivity contribution is 7.98. The van der Waals surface area contributed by atoms with Gasteiger partial charge in [-0.1, -0.05) is 0 Å². The molecule has 4 nitrogen and oxygen atoms in total. The molecule has 0 aliphatic heterocycles. The van der Waals surface area contributed by atoms with Gasteiger partial charge < -0.3 is 10.4 Å². The molecule has 1 aromatic rings. The summed E-state index contributed by atoms with van der Waals surface area (Å²) < 4.78 is 0. The van der Waals surface area contributed by atoms with Crippen LogP contribution in [-0.4, -0.2) is 35.5 Å². The molecule has 1 aromatic heterocycles. The maximum atomic E-state index is 11.9. The van der Waals surface area contributed by atoms with E-state index in [9.17, 15) is 9.59 Å². The van der Waals surface area contributed by atoms with E-state index < -0.39 is 5.97 Å². The first-order valence-electron chi connectivity index (χ1n) is 5.83. The van der Waals surface area contributed by atoms with Gasteiger partial charge in [0.25, 0.3) is 5.91 Å². The van der Waals surface area contributed by atoms with Crippen molar-refractivity contribution < 1.29 is 14.7 Å². The van der Waals surface area contributed by atoms with Crippen LogP contribution >= 0.6 is 23.1 Å². The highest BCUT2D eigenvalue weighted by Crippen LogP contribution is 2.23. The number of hydrogen-bond acceptors (Lipinski definition) is 4. The third kappa shape index (κ3) is 5.48. The van der Waals surface area contributed by atoms with Gasteiger partial charge in [-0.25, -0.2) is 4.79 Å². The lowest BCUT2D eigenvalue weighted by Crippen LogP contribution is -2.23. The van der Waals surface area contributed by atoms with E-state index >= 15 is 0 Å². The molecule has 2 N–H and O–H groups in total. The SMILES string of the molecule is CSCCCNC(=O)c1cc(C)c(C=CC(=O)O)s1. The molecule has 1 amide bonds. The van der Waals surface area contributed by atoms with E-state index in [0.29, 0.717) is 11.4 Å². The number of hydrogen-bond donors (Lipinski definition) is 2. The first-order valence-corrected chi connectivity index (χ1v) is 8.04. The number of thiophene rings is 1. The Morgan fingerprint density at radius 1 is 1.53 bits per heavy atom. The van der Waals surface area contributed by atoms with Gasteiger partial charge in [0.2, 0.25) is 0 Å². The minimum atomic E-state index is -0.990. The van der Waals surface area contributed by atoms with Crippen LogP contribution in [0.25, 0.3) is 6.08 Å². The molecule has 0 spiro atoms. The van der Waals surface area contributed by atoms with E-state index in [1.54, 1.807) is 17.8 Å². The second-order valence-corrected chi connectivity index (χ2v) is 6.00. The lowest BCUT2D eigenvalue weighted by Gasteiger charge is -2.01. The maximum Gasteiger partial charge on any atom is 0.328 e. The number of carbonyl (C=O) groups is 2. The van der Waals surface area contributed by atoms with Crippen molar-refractivity contribution in [3.8, 4) is 0 Å². The van der Waals surface area contributed by atoms with E-state index in [0.717, 1.165) is 28.7 Å². The average molecular weight is 299 g/mol. The summed E-state index contributed by atoms with van der Waals surface area (Å²) in [5.41, 5.74) is 0.914. The van der Waals surface area contributed by atoms with Crippen LogP contribution in [0.2, 0.25) is 0 Å². The molecule has 0 bridgehead atoms. The summed E-state index contributed by atoms with van der Waals surface area (Å²) in [6.07, 6.45) is 5.58. The number of rotatable bonds is 7. The summed E-state index contributed by atoms with van der Waals surface area (Å²) in [4.78, 5) is 23.7. The molecular weight excluding hydrogens is 282 g/mol. The molecule has 0 saturated carbocycles. The van der Waals surface area contributed by atoms with Crippen molar-refractivity contribution in [2.24, 2.45) is 0 Å². The van der Waals surface area contributed by atoms with E-state index in [2.05, 4.69) is 5.32 Å². The number of thioether (sulfide) groups is 1. The third-order valence-electron chi connectivity index (χ3n) is 2.37. The van der Waals surface area contributed by atoms with Crippen molar-refractivity contribution in [1.82, 2.24) is 5.32 Å². The maximum absolute atomic E-state index is 11.9. The zero-order valence-corrected chi connectivity index (χ0v) is 12.6. The van der Waals surface area contributed by atoms with Crippen molar-refractivity contribution in [1.29, 1.82) is 0 Å². The van der Waals surface area contributed by atoms with Crippen LogP contribution in [0.5, 0.6) is 0 Å². The van der Waals surface area contributed by atoms with E-state index in [4.69, 9.17) is 5.11 Å². The quantitative estimate of drug-likeness (QED) is 0.600. The zero-order valence-electron chi connectivity index (χ0n) is 10.9. The molecule has 104 valence electrons. The Bertz CT molecular complexity index is 480. The smallest absolute Gasteiger partial charge is 0.328 e. The Morgan fingerprint density at radius 3 is 2.89 bits per heavy atom. The monoisotopic (exact) mass is 299 g/mol. The van der Waals surface area contributed by atoms with Gasteiger partial charge >= 0.3 is 5.97 Å². The van der Waals surface area contributed by atoms with Crippen LogP contribution < -0.4 is 5.32 Å². The fraction of sp³-hybridized carbons (Fsp3) is 0.385. The predicted molar refractivity (Wildman–Crippen MR) is 81.1 cm³/mol. The Hall–Kier alpha value is -1.27. The summed E-state index contributed by atoms with van der Waals surface area (Å²) in [6.45, 7) is 2.53. The van der Waals surface area contributed by atoms with Crippen molar-refractivity contribution in [3.63, 3.8) is 0 Å². The average Bonchev–Trinajstić information content (AvgIpc) is 2.73. The number of amides is 1. The molecule has 6 heteroatoms. The van der Waals surface area contributed by atoms with Gasteiger partial charge in [0.05, 0.1) is 4.88 Å². The highest BCUT2D eigenvalue weighted by Gasteiger charge is 2.10. The van der Waals surface area contributed by atoms with Gasteiger partial charge in [-0.15, -0.1) is 11.3 Å². The number of nitrogens with one attached hydrogen (secondary N) is 1. The molecule has 19 heavy (non-hydrogen) atoms. The Balaban J connectivity index is 2.61. The second-order valence-electron chi connectivity index (χ2n) is 3.93. The number of aliphatic carboxylic acids is 1. The molecule has 0 aliphatic carbocycles. The fourth-order valence-corrected chi connectivity index (χ4v) is 2.85. The van der Waals surface area contributed by atoms with Gasteiger partial charge in [-0.05, 0) is 43.1 Å². The molecule has 0 aliphatic rings. The summed E-state index contributed by atoms with van der Waals surface area (Å²) in [6, 6.07) is 1.79. The molecule has 1 heterocycles. The molecule has 0 aromatic carbocycles. The van der Waals surface area contributed by atoms with Gasteiger partial charge in [-0.3, -0.25) is 4.79 Å². The zero-order chi connectivity index (χ0) is 14.3. The van der Waals surface area contributed by atoms with Gasteiger partial charge in [0, 0.05) is 17.5 Å². The van der Waals surface area contributed by atoms with Crippen molar-refractivity contribution >= 4 is 41.1 Å². The van der Waals surface area contributed by atoms with E-state index in [1.807, 2.05) is 13.2 Å². The standard InChI is InChI=1S/C13H17NO3S2/c1-9-8-11(13(17)14-6-3-7-18-2)19-10(9)4-5-12(15)16/h4-5,8H,3,6-7H2,1-2H3,(H,14,17)(H,15,16). The molecule has 0 radical (unpaired) electrons. The summed E-state index contributed by atoms with van der Waals surface area (Å²) >= 11 is 3.06. The normalized spacial score (nSPS) is 10.8. The van der Waals surface area contributed by atoms with Crippen LogP contribution in [-0.2, 0) is 4.79 Å². The van der Waals surface area contributed by atoms with E-state index in [1.165, 1.54) is 17.4 Å². The van der Waals surface area contributed by atoms with Crippen molar-refractivity contribution in [3.05, 3.63) is 27.5 Å². The Morgan fingerprint density at radius 2 is 2.26 bits per heavy atom. The summed E-state index contributed by atoms with van der Waals surface area (Å²) in [7, 11) is 0. The first-order chi connectivity index (χ1) is 9.04. The second kappa shape index (κ2) is 8.01. The fourth-order valence-electron chi connectivity index (χ4n) is 1.43. The van der Waals surface area contributed by atoms with Crippen molar-refractivity contribution in [2.75, 3.05) is 18.6 Å². The predicted octanol–water partition coefficient (Wildman–Crippen LogP) is 2.64. The first kappa shape index (κ1) is 15.8. The lowest BCUT2D eigenvalue weighted by molar-refractivity contribution is -0.131. The van der Waals surface area contributed by atoms with Crippen LogP contribution in [0.3, 0.4) is 0 Å². The van der Waals surface area contributed by atoms with Crippen molar-refractivity contribution in [2.45, 2.75) is 13.3 Å². The molecular formula is C13H17NO3S2. The summed E-state index contributed by atoms with van der Waals surface area (Å²) in [5.74, 6) is -0.0591. The lowest BCUT2D eigenvalue weighted by atomic mass is 10.2. The largest absolute Gasteiger partial charge is 0.478 e. The van der Waals surface area contributed by atoms with Gasteiger partial charge in [0.1, 0.15) is 0 Å². The minimum absolute atomic E-state index is 0.0934. The third-order valence-corrected chi connectivity index (χ3v) is 4.27. The van der Waals surface area contributed by atoms with Gasteiger partial charge in [0.15, 0.2) is 0 Å². The van der Waals surface area contributed by atoms with Crippen LogP contribution in [0.1, 0.15) is 26.5 Å². The van der Waals surface area contributed by atoms with Crippen LogP contribution in [0, 0.1) is 6.92 Å². The number of aryl methyl sites for hydroxylation is 1. The van der Waals surface area contributed by atoms with Crippen LogP contribution in [0.4, 0.5) is 0 Å².